The Kier molecular flexibility index (Phi) is 3.95. The van der Waals surface area contributed by atoms with Crippen LogP contribution in [0.15, 0.2) is 24.3 Å². The Morgan fingerprint density at radius 1 is 1.44 bits per heavy atom. The number of benzene rings is 1. The predicted octanol–water partition coefficient (Wildman–Crippen LogP) is 1.99. The van der Waals surface area contributed by atoms with Crippen LogP contribution in [0, 0.1) is 10.5 Å². The molecule has 1 heterocycles. The lowest BCUT2D eigenvalue weighted by Crippen LogP contribution is -2.27. The number of aromatic amines is 1. The molecular formula is C12H13IN4O. The summed E-state index contributed by atoms with van der Waals surface area (Å²) in [6.45, 7) is 2.23. The van der Waals surface area contributed by atoms with Gasteiger partial charge in [0.1, 0.15) is 5.82 Å². The molecule has 1 aromatic heterocycles. The number of halogens is 1. The molecule has 0 atom stereocenters. The molecule has 1 N–H and O–H groups in total. The molecule has 0 spiro atoms. The van der Waals surface area contributed by atoms with Gasteiger partial charge in [0, 0.05) is 10.6 Å². The maximum absolute atomic E-state index is 12.2. The number of hydrogen-bond donors (Lipinski definition) is 1. The van der Waals surface area contributed by atoms with E-state index in [0.717, 1.165) is 9.39 Å². The van der Waals surface area contributed by atoms with Crippen molar-refractivity contribution < 1.29 is 4.79 Å². The van der Waals surface area contributed by atoms with Crippen LogP contribution in [0.25, 0.3) is 0 Å². The molecular weight excluding hydrogens is 343 g/mol. The first kappa shape index (κ1) is 13.0. The molecule has 1 amide bonds. The van der Waals surface area contributed by atoms with Crippen LogP contribution in [0.5, 0.6) is 0 Å². The van der Waals surface area contributed by atoms with Crippen molar-refractivity contribution in [3.63, 3.8) is 0 Å². The van der Waals surface area contributed by atoms with Crippen LogP contribution >= 0.6 is 22.6 Å². The lowest BCUT2D eigenvalue weighted by atomic mass is 10.2. The Bertz CT molecular complexity index is 567. The van der Waals surface area contributed by atoms with Crippen molar-refractivity contribution in [1.29, 1.82) is 0 Å². The van der Waals surface area contributed by atoms with Gasteiger partial charge in [0.05, 0.1) is 12.1 Å². The SMILES string of the molecule is Cc1nc(CN(C)C(=O)c2ccccc2I)n[nH]1. The first-order valence-electron chi connectivity index (χ1n) is 5.46. The predicted molar refractivity (Wildman–Crippen MR) is 76.1 cm³/mol. The van der Waals surface area contributed by atoms with E-state index in [1.807, 2.05) is 31.2 Å². The lowest BCUT2D eigenvalue weighted by Gasteiger charge is -2.16. The van der Waals surface area contributed by atoms with Crippen molar-refractivity contribution in [1.82, 2.24) is 20.1 Å². The topological polar surface area (TPSA) is 61.9 Å². The summed E-state index contributed by atoms with van der Waals surface area (Å²) in [4.78, 5) is 18.0. The zero-order chi connectivity index (χ0) is 13.1. The summed E-state index contributed by atoms with van der Waals surface area (Å²) in [6.07, 6.45) is 0. The first-order chi connectivity index (χ1) is 8.58. The molecule has 6 heteroatoms. The zero-order valence-corrected chi connectivity index (χ0v) is 12.3. The Morgan fingerprint density at radius 2 is 2.17 bits per heavy atom. The lowest BCUT2D eigenvalue weighted by molar-refractivity contribution is 0.0780. The Hall–Kier alpha value is -1.44. The number of nitrogens with one attached hydrogen (secondary N) is 1. The summed E-state index contributed by atoms with van der Waals surface area (Å²) in [7, 11) is 1.75. The highest BCUT2D eigenvalue weighted by molar-refractivity contribution is 14.1. The molecule has 5 nitrogen and oxygen atoms in total. The van der Waals surface area contributed by atoms with E-state index < -0.39 is 0 Å². The van der Waals surface area contributed by atoms with E-state index in [0.29, 0.717) is 17.9 Å². The fourth-order valence-corrected chi connectivity index (χ4v) is 2.20. The van der Waals surface area contributed by atoms with Crippen LogP contribution in [0.3, 0.4) is 0 Å². The Balaban J connectivity index is 2.12. The number of amides is 1. The summed E-state index contributed by atoms with van der Waals surface area (Å²) in [6, 6.07) is 7.51. The van der Waals surface area contributed by atoms with Gasteiger partial charge in [-0.25, -0.2) is 4.98 Å². The summed E-state index contributed by atoms with van der Waals surface area (Å²) in [5, 5.41) is 6.79. The largest absolute Gasteiger partial charge is 0.334 e. The van der Waals surface area contributed by atoms with Gasteiger partial charge in [-0.15, -0.1) is 0 Å². The van der Waals surface area contributed by atoms with Crippen LogP contribution < -0.4 is 0 Å². The Labute approximate surface area is 119 Å². The number of aryl methyl sites for hydroxylation is 1. The molecule has 0 unspecified atom stereocenters. The molecule has 0 aliphatic heterocycles. The molecule has 0 aliphatic rings. The van der Waals surface area contributed by atoms with E-state index in [2.05, 4.69) is 37.8 Å². The van der Waals surface area contributed by atoms with Gasteiger partial charge in [0.2, 0.25) is 0 Å². The average molecular weight is 356 g/mol. The fourth-order valence-electron chi connectivity index (χ4n) is 1.58. The number of rotatable bonds is 3. The minimum atomic E-state index is -0.0255. The van der Waals surface area contributed by atoms with E-state index in [-0.39, 0.29) is 5.91 Å². The van der Waals surface area contributed by atoms with Crippen molar-refractivity contribution >= 4 is 28.5 Å². The second-order valence-electron chi connectivity index (χ2n) is 3.98. The van der Waals surface area contributed by atoms with Gasteiger partial charge in [-0.2, -0.15) is 5.10 Å². The smallest absolute Gasteiger partial charge is 0.255 e. The van der Waals surface area contributed by atoms with E-state index in [1.54, 1.807) is 11.9 Å². The first-order valence-corrected chi connectivity index (χ1v) is 6.53. The quantitative estimate of drug-likeness (QED) is 0.856. The van der Waals surface area contributed by atoms with Gasteiger partial charge in [0.25, 0.3) is 5.91 Å². The number of carbonyl (C=O) groups is 1. The Morgan fingerprint density at radius 3 is 2.78 bits per heavy atom. The van der Waals surface area contributed by atoms with Crippen molar-refractivity contribution in [2.45, 2.75) is 13.5 Å². The summed E-state index contributed by atoms with van der Waals surface area (Å²) in [5.41, 5.74) is 0.702. The number of hydrogen-bond acceptors (Lipinski definition) is 3. The van der Waals surface area contributed by atoms with Crippen molar-refractivity contribution in [2.75, 3.05) is 7.05 Å². The van der Waals surface area contributed by atoms with Crippen LogP contribution in [0.2, 0.25) is 0 Å². The molecule has 18 heavy (non-hydrogen) atoms. The maximum Gasteiger partial charge on any atom is 0.255 e. The van der Waals surface area contributed by atoms with Crippen LogP contribution in [0.4, 0.5) is 0 Å². The molecule has 0 saturated carbocycles. The highest BCUT2D eigenvalue weighted by Crippen LogP contribution is 2.14. The third-order valence-electron chi connectivity index (χ3n) is 2.47. The van der Waals surface area contributed by atoms with E-state index >= 15 is 0 Å². The summed E-state index contributed by atoms with van der Waals surface area (Å²) >= 11 is 2.16. The second-order valence-corrected chi connectivity index (χ2v) is 5.14. The van der Waals surface area contributed by atoms with Gasteiger partial charge < -0.3 is 4.90 Å². The minimum absolute atomic E-state index is 0.0255. The van der Waals surface area contributed by atoms with Crippen molar-refractivity contribution in [3.8, 4) is 0 Å². The molecule has 2 rings (SSSR count). The third kappa shape index (κ3) is 2.87. The van der Waals surface area contributed by atoms with Crippen LogP contribution in [0.1, 0.15) is 22.0 Å². The molecule has 94 valence electrons. The number of H-pyrrole nitrogens is 1. The molecule has 2 aromatic rings. The highest BCUT2D eigenvalue weighted by atomic mass is 127. The second kappa shape index (κ2) is 5.47. The van der Waals surface area contributed by atoms with Gasteiger partial charge in [-0.3, -0.25) is 9.89 Å². The molecule has 0 fully saturated rings. The van der Waals surface area contributed by atoms with Crippen molar-refractivity contribution in [3.05, 3.63) is 45.0 Å². The van der Waals surface area contributed by atoms with Gasteiger partial charge >= 0.3 is 0 Å². The number of aromatic nitrogens is 3. The number of nitrogens with zero attached hydrogens (tertiary/aromatic N) is 3. The maximum atomic E-state index is 12.2. The van der Waals surface area contributed by atoms with Crippen LogP contribution in [-0.2, 0) is 6.54 Å². The summed E-state index contributed by atoms with van der Waals surface area (Å²) < 4.78 is 0.943. The molecule has 0 saturated heterocycles. The fraction of sp³-hybridized carbons (Fsp3) is 0.250. The van der Waals surface area contributed by atoms with Crippen molar-refractivity contribution in [2.24, 2.45) is 0 Å². The number of carbonyl (C=O) groups excluding carboxylic acids is 1. The van der Waals surface area contributed by atoms with Gasteiger partial charge in [-0.1, -0.05) is 12.1 Å². The van der Waals surface area contributed by atoms with E-state index in [4.69, 9.17) is 0 Å². The third-order valence-corrected chi connectivity index (χ3v) is 3.41. The van der Waals surface area contributed by atoms with Crippen LogP contribution in [-0.4, -0.2) is 33.0 Å². The monoisotopic (exact) mass is 356 g/mol. The minimum Gasteiger partial charge on any atom is -0.334 e. The van der Waals surface area contributed by atoms with E-state index in [9.17, 15) is 4.79 Å². The molecule has 0 aliphatic carbocycles. The van der Waals surface area contributed by atoms with Gasteiger partial charge in [-0.05, 0) is 41.6 Å². The standard InChI is InChI=1S/C12H13IN4O/c1-8-14-11(16-15-8)7-17(2)12(18)9-5-3-4-6-10(9)13/h3-6H,7H2,1-2H3,(H,14,15,16). The summed E-state index contributed by atoms with van der Waals surface area (Å²) in [5.74, 6) is 1.34. The molecule has 1 aromatic carbocycles. The highest BCUT2D eigenvalue weighted by Gasteiger charge is 2.15. The average Bonchev–Trinajstić information content (AvgIpc) is 2.74. The normalized spacial score (nSPS) is 10.4. The molecule has 0 radical (unpaired) electrons. The zero-order valence-electron chi connectivity index (χ0n) is 10.1. The van der Waals surface area contributed by atoms with E-state index in [1.165, 1.54) is 0 Å². The van der Waals surface area contributed by atoms with Gasteiger partial charge in [0.15, 0.2) is 5.82 Å². The molecule has 0 bridgehead atoms.